The lowest BCUT2D eigenvalue weighted by molar-refractivity contribution is 0.191. The molecular formula is C11H16BrN3O. The zero-order valence-electron chi connectivity index (χ0n) is 9.16. The van der Waals surface area contributed by atoms with Gasteiger partial charge in [-0.2, -0.15) is 0 Å². The number of rotatable bonds is 4. The third-order valence-corrected chi connectivity index (χ3v) is 3.00. The molecule has 5 heteroatoms. The molecule has 0 amide bonds. The molecule has 1 N–H and O–H groups in total. The molecule has 0 aromatic carbocycles. The van der Waals surface area contributed by atoms with E-state index in [2.05, 4.69) is 31.1 Å². The fraction of sp³-hybridized carbons (Fsp3) is 0.545. The van der Waals surface area contributed by atoms with Crippen molar-refractivity contribution in [2.75, 3.05) is 39.3 Å². The second-order valence-electron chi connectivity index (χ2n) is 3.78. The molecule has 0 unspecified atom stereocenters. The molecule has 4 nitrogen and oxygen atoms in total. The van der Waals surface area contributed by atoms with Gasteiger partial charge in [-0.3, -0.25) is 9.88 Å². The van der Waals surface area contributed by atoms with Gasteiger partial charge in [0.25, 0.3) is 0 Å². The third kappa shape index (κ3) is 3.73. The first-order valence-electron chi connectivity index (χ1n) is 5.51. The highest BCUT2D eigenvalue weighted by Gasteiger charge is 2.08. The standard InChI is InChI=1S/C11H16BrN3O/c12-10-7-11(9-14-8-10)16-6-5-15-3-1-13-2-4-15/h7-9,13H,1-6H2. The van der Waals surface area contributed by atoms with Gasteiger partial charge in [0, 0.05) is 43.4 Å². The summed E-state index contributed by atoms with van der Waals surface area (Å²) in [5.41, 5.74) is 0. The Bertz CT molecular complexity index is 329. The molecule has 0 saturated carbocycles. The van der Waals surface area contributed by atoms with Crippen molar-refractivity contribution in [3.05, 3.63) is 22.9 Å². The average Bonchev–Trinajstić information content (AvgIpc) is 2.30. The molecule has 1 saturated heterocycles. The van der Waals surface area contributed by atoms with E-state index in [0.29, 0.717) is 0 Å². The van der Waals surface area contributed by atoms with Crippen LogP contribution in [-0.4, -0.2) is 49.2 Å². The van der Waals surface area contributed by atoms with E-state index in [1.54, 1.807) is 12.4 Å². The zero-order chi connectivity index (χ0) is 11.2. The molecule has 1 aliphatic rings. The molecule has 16 heavy (non-hydrogen) atoms. The summed E-state index contributed by atoms with van der Waals surface area (Å²) >= 11 is 3.37. The quantitative estimate of drug-likeness (QED) is 0.900. The monoisotopic (exact) mass is 285 g/mol. The van der Waals surface area contributed by atoms with Crippen LogP contribution in [0.3, 0.4) is 0 Å². The van der Waals surface area contributed by atoms with Crippen LogP contribution in [0.15, 0.2) is 22.9 Å². The Balaban J connectivity index is 1.71. The number of halogens is 1. The molecule has 1 aliphatic heterocycles. The minimum atomic E-state index is 0.720. The summed E-state index contributed by atoms with van der Waals surface area (Å²) < 4.78 is 6.59. The lowest BCUT2D eigenvalue weighted by Gasteiger charge is -2.26. The molecule has 1 aromatic heterocycles. The second-order valence-corrected chi connectivity index (χ2v) is 4.69. The molecular weight excluding hydrogens is 270 g/mol. The number of nitrogens with zero attached hydrogens (tertiary/aromatic N) is 2. The predicted octanol–water partition coefficient (Wildman–Crippen LogP) is 1.13. The van der Waals surface area contributed by atoms with Crippen LogP contribution in [0.5, 0.6) is 5.75 Å². The minimum absolute atomic E-state index is 0.720. The van der Waals surface area contributed by atoms with E-state index in [0.717, 1.165) is 49.6 Å². The summed E-state index contributed by atoms with van der Waals surface area (Å²) in [7, 11) is 0. The Kier molecular flexibility index (Phi) is 4.56. The van der Waals surface area contributed by atoms with Gasteiger partial charge < -0.3 is 10.1 Å². The summed E-state index contributed by atoms with van der Waals surface area (Å²) in [6.45, 7) is 6.09. The minimum Gasteiger partial charge on any atom is -0.491 e. The molecule has 0 bridgehead atoms. The van der Waals surface area contributed by atoms with E-state index in [1.807, 2.05) is 6.07 Å². The highest BCUT2D eigenvalue weighted by molar-refractivity contribution is 9.10. The van der Waals surface area contributed by atoms with Crippen molar-refractivity contribution in [1.82, 2.24) is 15.2 Å². The van der Waals surface area contributed by atoms with Crippen LogP contribution in [0.25, 0.3) is 0 Å². The van der Waals surface area contributed by atoms with E-state index in [4.69, 9.17) is 4.74 Å². The van der Waals surface area contributed by atoms with Crippen LogP contribution >= 0.6 is 15.9 Å². The van der Waals surface area contributed by atoms with E-state index in [1.165, 1.54) is 0 Å². The molecule has 2 rings (SSSR count). The van der Waals surface area contributed by atoms with Crippen LogP contribution in [-0.2, 0) is 0 Å². The predicted molar refractivity (Wildman–Crippen MR) is 66.7 cm³/mol. The molecule has 1 fully saturated rings. The smallest absolute Gasteiger partial charge is 0.138 e. The number of pyridine rings is 1. The van der Waals surface area contributed by atoms with Crippen LogP contribution < -0.4 is 10.1 Å². The number of piperazine rings is 1. The molecule has 0 aliphatic carbocycles. The second kappa shape index (κ2) is 6.18. The fourth-order valence-electron chi connectivity index (χ4n) is 1.70. The molecule has 0 atom stereocenters. The van der Waals surface area contributed by atoms with Crippen molar-refractivity contribution in [3.8, 4) is 5.75 Å². The van der Waals surface area contributed by atoms with E-state index < -0.39 is 0 Å². The van der Waals surface area contributed by atoms with Crippen LogP contribution in [0, 0.1) is 0 Å². The molecule has 2 heterocycles. The lowest BCUT2D eigenvalue weighted by atomic mass is 10.3. The van der Waals surface area contributed by atoms with Crippen molar-refractivity contribution >= 4 is 15.9 Å². The zero-order valence-corrected chi connectivity index (χ0v) is 10.7. The average molecular weight is 286 g/mol. The van der Waals surface area contributed by atoms with Gasteiger partial charge in [-0.1, -0.05) is 0 Å². The van der Waals surface area contributed by atoms with E-state index in [9.17, 15) is 0 Å². The third-order valence-electron chi connectivity index (χ3n) is 2.57. The van der Waals surface area contributed by atoms with Gasteiger partial charge in [-0.25, -0.2) is 0 Å². The van der Waals surface area contributed by atoms with Gasteiger partial charge in [-0.05, 0) is 22.0 Å². The summed E-state index contributed by atoms with van der Waals surface area (Å²) in [6, 6.07) is 1.94. The Morgan fingerprint density at radius 1 is 1.38 bits per heavy atom. The lowest BCUT2D eigenvalue weighted by Crippen LogP contribution is -2.44. The normalized spacial score (nSPS) is 17.3. The van der Waals surface area contributed by atoms with Gasteiger partial charge in [0.2, 0.25) is 0 Å². The Morgan fingerprint density at radius 2 is 2.19 bits per heavy atom. The Labute approximate surface area is 104 Å². The number of aromatic nitrogens is 1. The van der Waals surface area contributed by atoms with E-state index >= 15 is 0 Å². The van der Waals surface area contributed by atoms with Gasteiger partial charge in [0.05, 0.1) is 6.20 Å². The van der Waals surface area contributed by atoms with Gasteiger partial charge in [-0.15, -0.1) is 0 Å². The summed E-state index contributed by atoms with van der Waals surface area (Å²) in [5, 5.41) is 3.33. The highest BCUT2D eigenvalue weighted by Crippen LogP contribution is 2.15. The van der Waals surface area contributed by atoms with Crippen LogP contribution in [0.4, 0.5) is 0 Å². The van der Waals surface area contributed by atoms with Crippen molar-refractivity contribution in [3.63, 3.8) is 0 Å². The maximum Gasteiger partial charge on any atom is 0.138 e. The maximum absolute atomic E-state index is 5.63. The SMILES string of the molecule is Brc1cncc(OCCN2CCNCC2)c1. The summed E-state index contributed by atoms with van der Waals surface area (Å²) in [6.07, 6.45) is 3.49. The van der Waals surface area contributed by atoms with Crippen molar-refractivity contribution in [2.45, 2.75) is 0 Å². The Hall–Kier alpha value is -0.650. The number of nitrogens with one attached hydrogen (secondary N) is 1. The molecule has 88 valence electrons. The Morgan fingerprint density at radius 3 is 2.94 bits per heavy atom. The van der Waals surface area contributed by atoms with Crippen LogP contribution in [0.1, 0.15) is 0 Å². The number of hydrogen-bond acceptors (Lipinski definition) is 4. The highest BCUT2D eigenvalue weighted by atomic mass is 79.9. The van der Waals surface area contributed by atoms with E-state index in [-0.39, 0.29) is 0 Å². The van der Waals surface area contributed by atoms with Gasteiger partial charge in [0.15, 0.2) is 0 Å². The first-order chi connectivity index (χ1) is 7.84. The van der Waals surface area contributed by atoms with Crippen molar-refractivity contribution < 1.29 is 4.74 Å². The number of ether oxygens (including phenoxy) is 1. The molecule has 0 radical (unpaired) electrons. The summed E-state index contributed by atoms with van der Waals surface area (Å²) in [5.74, 6) is 0.824. The first-order valence-corrected chi connectivity index (χ1v) is 6.30. The van der Waals surface area contributed by atoms with Crippen molar-refractivity contribution in [1.29, 1.82) is 0 Å². The molecule has 1 aromatic rings. The van der Waals surface area contributed by atoms with Crippen LogP contribution in [0.2, 0.25) is 0 Å². The largest absolute Gasteiger partial charge is 0.491 e. The van der Waals surface area contributed by atoms with Gasteiger partial charge in [0.1, 0.15) is 12.4 Å². The first kappa shape index (κ1) is 11.8. The number of hydrogen-bond donors (Lipinski definition) is 1. The topological polar surface area (TPSA) is 37.4 Å². The maximum atomic E-state index is 5.63. The molecule has 0 spiro atoms. The summed E-state index contributed by atoms with van der Waals surface area (Å²) in [4.78, 5) is 6.46. The fourth-order valence-corrected chi connectivity index (χ4v) is 2.04. The van der Waals surface area contributed by atoms with Gasteiger partial charge >= 0.3 is 0 Å². The van der Waals surface area contributed by atoms with Crippen molar-refractivity contribution in [2.24, 2.45) is 0 Å².